The predicted molar refractivity (Wildman–Crippen MR) is 72.3 cm³/mol. The first-order valence-corrected chi connectivity index (χ1v) is 6.25. The highest BCUT2D eigenvalue weighted by Gasteiger charge is 2.23. The maximum atomic E-state index is 10.5. The van der Waals surface area contributed by atoms with E-state index >= 15 is 0 Å². The fourth-order valence-electron chi connectivity index (χ4n) is 2.05. The molecule has 1 aromatic carbocycles. The summed E-state index contributed by atoms with van der Waals surface area (Å²) in [6.07, 6.45) is 5.15. The van der Waals surface area contributed by atoms with Crippen molar-refractivity contribution in [2.24, 2.45) is 7.05 Å². The number of nitrogens with zero attached hydrogens (tertiary/aromatic N) is 2. The number of hydrogen-bond acceptors (Lipinski definition) is 2. The van der Waals surface area contributed by atoms with Gasteiger partial charge in [0.05, 0.1) is 5.60 Å². The van der Waals surface area contributed by atoms with Gasteiger partial charge < -0.3 is 9.67 Å². The van der Waals surface area contributed by atoms with Crippen molar-refractivity contribution in [3.63, 3.8) is 0 Å². The van der Waals surface area contributed by atoms with Gasteiger partial charge in [-0.1, -0.05) is 29.8 Å². The zero-order valence-electron chi connectivity index (χ0n) is 11.2. The fourth-order valence-corrected chi connectivity index (χ4v) is 2.05. The van der Waals surface area contributed by atoms with Crippen LogP contribution < -0.4 is 0 Å². The van der Waals surface area contributed by atoms with Gasteiger partial charge >= 0.3 is 0 Å². The van der Waals surface area contributed by atoms with Crippen LogP contribution in [0.25, 0.3) is 0 Å². The zero-order chi connectivity index (χ0) is 13.2. The van der Waals surface area contributed by atoms with Crippen LogP contribution in [0, 0.1) is 6.92 Å². The summed E-state index contributed by atoms with van der Waals surface area (Å²) in [5.41, 5.74) is 1.36. The molecule has 0 saturated carbocycles. The highest BCUT2D eigenvalue weighted by atomic mass is 16.3. The Kier molecular flexibility index (Phi) is 3.53. The average molecular weight is 244 g/mol. The number of hydrogen-bond donors (Lipinski definition) is 1. The molecule has 2 rings (SSSR count). The molecule has 0 radical (unpaired) electrons. The minimum atomic E-state index is -0.806. The van der Waals surface area contributed by atoms with Crippen molar-refractivity contribution >= 4 is 0 Å². The van der Waals surface area contributed by atoms with Gasteiger partial charge in [-0.15, -0.1) is 0 Å². The second-order valence-electron chi connectivity index (χ2n) is 5.09. The quantitative estimate of drug-likeness (QED) is 0.897. The number of benzene rings is 1. The molecule has 0 spiro atoms. The molecule has 1 aromatic heterocycles. The lowest BCUT2D eigenvalue weighted by Gasteiger charge is -2.24. The Labute approximate surface area is 108 Å². The third kappa shape index (κ3) is 2.79. The Balaban J connectivity index is 2.07. The lowest BCUT2D eigenvalue weighted by atomic mass is 9.90. The van der Waals surface area contributed by atoms with Crippen LogP contribution in [-0.4, -0.2) is 14.7 Å². The number of aliphatic hydroxyl groups is 1. The number of aryl methyl sites for hydroxylation is 3. The van der Waals surface area contributed by atoms with Gasteiger partial charge in [-0.25, -0.2) is 4.98 Å². The molecule has 96 valence electrons. The van der Waals surface area contributed by atoms with Gasteiger partial charge in [0.2, 0.25) is 0 Å². The van der Waals surface area contributed by atoms with E-state index in [1.165, 1.54) is 5.56 Å². The van der Waals surface area contributed by atoms with Crippen molar-refractivity contribution in [3.05, 3.63) is 53.6 Å². The Hall–Kier alpha value is -1.61. The van der Waals surface area contributed by atoms with E-state index in [9.17, 15) is 5.11 Å². The van der Waals surface area contributed by atoms with Gasteiger partial charge in [-0.2, -0.15) is 0 Å². The normalized spacial score (nSPS) is 14.4. The van der Waals surface area contributed by atoms with Crippen LogP contribution in [-0.2, 0) is 19.1 Å². The maximum absolute atomic E-state index is 10.5. The molecule has 1 heterocycles. The molecule has 0 bridgehead atoms. The van der Waals surface area contributed by atoms with E-state index in [-0.39, 0.29) is 0 Å². The van der Waals surface area contributed by atoms with Crippen LogP contribution >= 0.6 is 0 Å². The van der Waals surface area contributed by atoms with E-state index in [2.05, 4.69) is 4.98 Å². The van der Waals surface area contributed by atoms with Gasteiger partial charge in [-0.05, 0) is 25.8 Å². The SMILES string of the molecule is Cc1ccc(C(C)(O)CCc2nccn2C)cc1. The van der Waals surface area contributed by atoms with Crippen LogP contribution in [0.5, 0.6) is 0 Å². The Morgan fingerprint density at radius 1 is 1.28 bits per heavy atom. The standard InChI is InChI=1S/C15H20N2O/c1-12-4-6-13(7-5-12)15(2,18)9-8-14-16-10-11-17(14)3/h4-7,10-11,18H,8-9H2,1-3H3. The second kappa shape index (κ2) is 4.94. The third-order valence-corrected chi connectivity index (χ3v) is 3.43. The van der Waals surface area contributed by atoms with Crippen LogP contribution in [0.4, 0.5) is 0 Å². The van der Waals surface area contributed by atoms with E-state index in [1.807, 2.05) is 55.9 Å². The van der Waals surface area contributed by atoms with Crippen molar-refractivity contribution in [2.75, 3.05) is 0 Å². The Bertz CT molecular complexity index is 512. The first-order valence-electron chi connectivity index (χ1n) is 6.25. The smallest absolute Gasteiger partial charge is 0.108 e. The minimum Gasteiger partial charge on any atom is -0.385 e. The molecule has 2 aromatic rings. The van der Waals surface area contributed by atoms with Crippen LogP contribution in [0.15, 0.2) is 36.7 Å². The molecular formula is C15H20N2O. The molecule has 1 atom stereocenters. The van der Waals surface area contributed by atoms with Gasteiger partial charge in [0.25, 0.3) is 0 Å². The molecule has 0 aliphatic carbocycles. The monoisotopic (exact) mass is 244 g/mol. The fraction of sp³-hybridized carbons (Fsp3) is 0.400. The Morgan fingerprint density at radius 3 is 2.50 bits per heavy atom. The minimum absolute atomic E-state index is 0.668. The molecule has 18 heavy (non-hydrogen) atoms. The molecule has 0 amide bonds. The van der Waals surface area contributed by atoms with E-state index in [1.54, 1.807) is 6.20 Å². The molecule has 0 saturated heterocycles. The number of rotatable bonds is 4. The molecule has 3 heteroatoms. The first kappa shape index (κ1) is 12.8. The number of aromatic nitrogens is 2. The number of imidazole rings is 1. The highest BCUT2D eigenvalue weighted by Crippen LogP contribution is 2.26. The zero-order valence-corrected chi connectivity index (χ0v) is 11.2. The average Bonchev–Trinajstić information content (AvgIpc) is 2.73. The third-order valence-electron chi connectivity index (χ3n) is 3.43. The van der Waals surface area contributed by atoms with Crippen molar-refractivity contribution in [3.8, 4) is 0 Å². The first-order chi connectivity index (χ1) is 8.49. The summed E-state index contributed by atoms with van der Waals surface area (Å²) in [7, 11) is 1.98. The predicted octanol–water partition coefficient (Wildman–Crippen LogP) is 2.57. The Morgan fingerprint density at radius 2 is 1.94 bits per heavy atom. The van der Waals surface area contributed by atoms with Crippen molar-refractivity contribution in [1.82, 2.24) is 9.55 Å². The summed E-state index contributed by atoms with van der Waals surface area (Å²) in [5.74, 6) is 1.00. The molecule has 3 nitrogen and oxygen atoms in total. The van der Waals surface area contributed by atoms with Gasteiger partial charge in [0.1, 0.15) is 5.82 Å². The van der Waals surface area contributed by atoms with E-state index in [4.69, 9.17) is 0 Å². The molecule has 1 N–H and O–H groups in total. The van der Waals surface area contributed by atoms with Gasteiger partial charge in [0, 0.05) is 25.9 Å². The molecule has 0 aliphatic heterocycles. The lowest BCUT2D eigenvalue weighted by molar-refractivity contribution is 0.0473. The van der Waals surface area contributed by atoms with Gasteiger partial charge in [0.15, 0.2) is 0 Å². The lowest BCUT2D eigenvalue weighted by Crippen LogP contribution is -2.22. The van der Waals surface area contributed by atoms with Crippen LogP contribution in [0.1, 0.15) is 30.3 Å². The summed E-state index contributed by atoms with van der Waals surface area (Å²) in [4.78, 5) is 4.28. The van der Waals surface area contributed by atoms with Crippen molar-refractivity contribution in [2.45, 2.75) is 32.3 Å². The van der Waals surface area contributed by atoms with E-state index < -0.39 is 5.60 Å². The summed E-state index contributed by atoms with van der Waals surface area (Å²) in [6, 6.07) is 8.05. The van der Waals surface area contributed by atoms with Crippen molar-refractivity contribution < 1.29 is 5.11 Å². The summed E-state index contributed by atoms with van der Waals surface area (Å²) < 4.78 is 1.99. The molecule has 0 aliphatic rings. The van der Waals surface area contributed by atoms with E-state index in [0.717, 1.165) is 17.8 Å². The molecular weight excluding hydrogens is 224 g/mol. The molecule has 0 fully saturated rings. The highest BCUT2D eigenvalue weighted by molar-refractivity contribution is 5.26. The topological polar surface area (TPSA) is 38.1 Å². The summed E-state index contributed by atoms with van der Waals surface area (Å²) in [5, 5.41) is 10.5. The summed E-state index contributed by atoms with van der Waals surface area (Å²) >= 11 is 0. The van der Waals surface area contributed by atoms with Crippen LogP contribution in [0.2, 0.25) is 0 Å². The van der Waals surface area contributed by atoms with Gasteiger partial charge in [-0.3, -0.25) is 0 Å². The summed E-state index contributed by atoms with van der Waals surface area (Å²) in [6.45, 7) is 3.91. The molecule has 1 unspecified atom stereocenters. The van der Waals surface area contributed by atoms with E-state index in [0.29, 0.717) is 6.42 Å². The second-order valence-corrected chi connectivity index (χ2v) is 5.09. The van der Waals surface area contributed by atoms with Crippen molar-refractivity contribution in [1.29, 1.82) is 0 Å². The van der Waals surface area contributed by atoms with Crippen LogP contribution in [0.3, 0.4) is 0 Å². The largest absolute Gasteiger partial charge is 0.385 e. The maximum Gasteiger partial charge on any atom is 0.108 e.